The standard InChI is InChI=1S/C11H14ClFN2/c12-9-3-1-2-4-10(9)15-11-6-5-8(13)7-14-11/h5-7,9-10H,1-4H2,(H,14,15). The summed E-state index contributed by atoms with van der Waals surface area (Å²) in [6, 6.07) is 3.31. The van der Waals surface area contributed by atoms with Crippen LogP contribution >= 0.6 is 11.6 Å². The van der Waals surface area contributed by atoms with Gasteiger partial charge in [-0.05, 0) is 25.0 Å². The summed E-state index contributed by atoms with van der Waals surface area (Å²) >= 11 is 6.20. The van der Waals surface area contributed by atoms with E-state index in [1.807, 2.05) is 0 Å². The molecule has 4 heteroatoms. The number of halogens is 2. The summed E-state index contributed by atoms with van der Waals surface area (Å²) in [5.41, 5.74) is 0. The lowest BCUT2D eigenvalue weighted by Crippen LogP contribution is -2.33. The monoisotopic (exact) mass is 228 g/mol. The van der Waals surface area contributed by atoms with Crippen LogP contribution in [-0.2, 0) is 0 Å². The molecule has 1 N–H and O–H groups in total. The molecule has 1 aromatic heterocycles. The molecular weight excluding hydrogens is 215 g/mol. The van der Waals surface area contributed by atoms with Crippen molar-refractivity contribution in [2.24, 2.45) is 0 Å². The van der Waals surface area contributed by atoms with Crippen molar-refractivity contribution in [2.45, 2.75) is 37.1 Å². The Morgan fingerprint density at radius 2 is 2.13 bits per heavy atom. The van der Waals surface area contributed by atoms with E-state index in [1.54, 1.807) is 6.07 Å². The largest absolute Gasteiger partial charge is 0.366 e. The maximum atomic E-state index is 12.6. The summed E-state index contributed by atoms with van der Waals surface area (Å²) in [6.45, 7) is 0. The molecule has 1 aliphatic rings. The zero-order valence-corrected chi connectivity index (χ0v) is 9.17. The molecule has 0 saturated heterocycles. The van der Waals surface area contributed by atoms with Crippen molar-refractivity contribution in [1.82, 2.24) is 4.98 Å². The van der Waals surface area contributed by atoms with Gasteiger partial charge in [-0.1, -0.05) is 12.8 Å². The number of nitrogens with one attached hydrogen (secondary N) is 1. The summed E-state index contributed by atoms with van der Waals surface area (Å²) in [5.74, 6) is 0.389. The SMILES string of the molecule is Fc1ccc(NC2CCCCC2Cl)nc1. The first-order chi connectivity index (χ1) is 7.25. The number of hydrogen-bond donors (Lipinski definition) is 1. The number of alkyl halides is 1. The molecular formula is C11H14ClFN2. The third kappa shape index (κ3) is 2.81. The highest BCUT2D eigenvalue weighted by atomic mass is 35.5. The number of anilines is 1. The number of pyridine rings is 1. The summed E-state index contributed by atoms with van der Waals surface area (Å²) in [5, 5.41) is 3.41. The maximum Gasteiger partial charge on any atom is 0.141 e. The van der Waals surface area contributed by atoms with E-state index >= 15 is 0 Å². The maximum absolute atomic E-state index is 12.6. The van der Waals surface area contributed by atoms with Crippen LogP contribution in [0.25, 0.3) is 0 Å². The molecule has 2 unspecified atom stereocenters. The van der Waals surface area contributed by atoms with E-state index in [4.69, 9.17) is 11.6 Å². The van der Waals surface area contributed by atoms with Crippen molar-refractivity contribution < 1.29 is 4.39 Å². The van der Waals surface area contributed by atoms with Crippen molar-refractivity contribution in [3.8, 4) is 0 Å². The lowest BCUT2D eigenvalue weighted by molar-refractivity contribution is 0.468. The molecule has 0 amide bonds. The number of aromatic nitrogens is 1. The third-order valence-electron chi connectivity index (χ3n) is 2.74. The van der Waals surface area contributed by atoms with E-state index in [-0.39, 0.29) is 17.2 Å². The minimum absolute atomic E-state index is 0.158. The lowest BCUT2D eigenvalue weighted by Gasteiger charge is -2.28. The summed E-state index contributed by atoms with van der Waals surface area (Å²) in [6.07, 6.45) is 5.72. The topological polar surface area (TPSA) is 24.9 Å². The Morgan fingerprint density at radius 3 is 2.80 bits per heavy atom. The highest BCUT2D eigenvalue weighted by Crippen LogP contribution is 2.25. The van der Waals surface area contributed by atoms with Crippen molar-refractivity contribution >= 4 is 17.4 Å². The quantitative estimate of drug-likeness (QED) is 0.787. The zero-order chi connectivity index (χ0) is 10.7. The first kappa shape index (κ1) is 10.7. The van der Waals surface area contributed by atoms with Crippen LogP contribution in [0.4, 0.5) is 10.2 Å². The van der Waals surface area contributed by atoms with Crippen molar-refractivity contribution in [2.75, 3.05) is 5.32 Å². The lowest BCUT2D eigenvalue weighted by atomic mass is 9.95. The highest BCUT2D eigenvalue weighted by molar-refractivity contribution is 6.21. The van der Waals surface area contributed by atoms with Gasteiger partial charge in [0.05, 0.1) is 11.6 Å². The predicted molar refractivity (Wildman–Crippen MR) is 59.7 cm³/mol. The van der Waals surface area contributed by atoms with Gasteiger partial charge in [-0.2, -0.15) is 0 Å². The number of hydrogen-bond acceptors (Lipinski definition) is 2. The van der Waals surface area contributed by atoms with Gasteiger partial charge >= 0.3 is 0 Å². The van der Waals surface area contributed by atoms with Gasteiger partial charge in [0.15, 0.2) is 0 Å². The molecule has 0 aromatic carbocycles. The van der Waals surface area contributed by atoms with Gasteiger partial charge in [-0.3, -0.25) is 0 Å². The second-order valence-electron chi connectivity index (χ2n) is 3.91. The normalized spacial score (nSPS) is 26.3. The molecule has 15 heavy (non-hydrogen) atoms. The molecule has 1 aromatic rings. The van der Waals surface area contributed by atoms with E-state index in [0.717, 1.165) is 12.8 Å². The number of nitrogens with zero attached hydrogens (tertiary/aromatic N) is 1. The fourth-order valence-corrected chi connectivity index (χ4v) is 2.24. The molecule has 1 heterocycles. The van der Waals surface area contributed by atoms with Gasteiger partial charge in [0.25, 0.3) is 0 Å². The van der Waals surface area contributed by atoms with Gasteiger partial charge in [-0.25, -0.2) is 9.37 Å². The van der Waals surface area contributed by atoms with Crippen LogP contribution in [0.1, 0.15) is 25.7 Å². The molecule has 2 rings (SSSR count). The summed E-state index contributed by atoms with van der Waals surface area (Å²) in [7, 11) is 0. The summed E-state index contributed by atoms with van der Waals surface area (Å²) < 4.78 is 12.6. The van der Waals surface area contributed by atoms with Gasteiger partial charge in [0.1, 0.15) is 11.6 Å². The highest BCUT2D eigenvalue weighted by Gasteiger charge is 2.22. The average molecular weight is 229 g/mol. The molecule has 1 saturated carbocycles. The van der Waals surface area contributed by atoms with E-state index in [2.05, 4.69) is 10.3 Å². The molecule has 0 aliphatic heterocycles. The van der Waals surface area contributed by atoms with Gasteiger partial charge in [0.2, 0.25) is 0 Å². The van der Waals surface area contributed by atoms with E-state index in [1.165, 1.54) is 25.1 Å². The minimum Gasteiger partial charge on any atom is -0.366 e. The van der Waals surface area contributed by atoms with Crippen LogP contribution < -0.4 is 5.32 Å². The molecule has 2 atom stereocenters. The second-order valence-corrected chi connectivity index (χ2v) is 4.47. The van der Waals surface area contributed by atoms with Crippen molar-refractivity contribution in [3.05, 3.63) is 24.1 Å². The smallest absolute Gasteiger partial charge is 0.141 e. The fourth-order valence-electron chi connectivity index (χ4n) is 1.90. The third-order valence-corrected chi connectivity index (χ3v) is 3.26. The molecule has 0 radical (unpaired) electrons. The van der Waals surface area contributed by atoms with E-state index in [9.17, 15) is 4.39 Å². The first-order valence-electron chi connectivity index (χ1n) is 5.28. The van der Waals surface area contributed by atoms with Crippen molar-refractivity contribution in [3.63, 3.8) is 0 Å². The molecule has 2 nitrogen and oxygen atoms in total. The molecule has 1 fully saturated rings. The van der Waals surface area contributed by atoms with Crippen LogP contribution in [0.2, 0.25) is 0 Å². The minimum atomic E-state index is -0.313. The van der Waals surface area contributed by atoms with Gasteiger partial charge < -0.3 is 5.32 Å². The Hall–Kier alpha value is -0.830. The van der Waals surface area contributed by atoms with Crippen LogP contribution in [0.15, 0.2) is 18.3 Å². The second kappa shape index (κ2) is 4.79. The summed E-state index contributed by atoms with van der Waals surface area (Å²) in [4.78, 5) is 3.96. The zero-order valence-electron chi connectivity index (χ0n) is 8.42. The van der Waals surface area contributed by atoms with Gasteiger partial charge in [0, 0.05) is 6.04 Å². The Balaban J connectivity index is 1.98. The Kier molecular flexibility index (Phi) is 3.41. The Morgan fingerprint density at radius 1 is 1.33 bits per heavy atom. The van der Waals surface area contributed by atoms with Crippen LogP contribution in [0.5, 0.6) is 0 Å². The van der Waals surface area contributed by atoms with Crippen molar-refractivity contribution in [1.29, 1.82) is 0 Å². The van der Waals surface area contributed by atoms with Gasteiger partial charge in [-0.15, -0.1) is 11.6 Å². The molecule has 0 bridgehead atoms. The van der Waals surface area contributed by atoms with Crippen LogP contribution in [-0.4, -0.2) is 16.4 Å². The van der Waals surface area contributed by atoms with E-state index < -0.39 is 0 Å². The molecule has 82 valence electrons. The fraction of sp³-hybridized carbons (Fsp3) is 0.545. The van der Waals surface area contributed by atoms with Crippen LogP contribution in [0, 0.1) is 5.82 Å². The first-order valence-corrected chi connectivity index (χ1v) is 5.71. The Labute approximate surface area is 93.9 Å². The molecule has 1 aliphatic carbocycles. The Bertz CT molecular complexity index is 315. The van der Waals surface area contributed by atoms with E-state index in [0.29, 0.717) is 5.82 Å². The average Bonchev–Trinajstić information content (AvgIpc) is 2.25. The molecule has 0 spiro atoms. The predicted octanol–water partition coefficient (Wildman–Crippen LogP) is 3.18. The van der Waals surface area contributed by atoms with Crippen LogP contribution in [0.3, 0.4) is 0 Å². The number of rotatable bonds is 2.